The summed E-state index contributed by atoms with van der Waals surface area (Å²) in [6.45, 7) is 8.30. The lowest BCUT2D eigenvalue weighted by molar-refractivity contribution is 1.16. The molecule has 0 aliphatic rings. The van der Waals surface area contributed by atoms with E-state index in [4.69, 9.17) is 6.57 Å². The molecule has 68 heavy (non-hydrogen) atoms. The Kier molecular flexibility index (Phi) is 8.01. The van der Waals surface area contributed by atoms with Crippen molar-refractivity contribution >= 4 is 92.9 Å². The van der Waals surface area contributed by atoms with Gasteiger partial charge in [0.2, 0.25) is 0 Å². The van der Waals surface area contributed by atoms with Crippen LogP contribution >= 0.6 is 0 Å². The van der Waals surface area contributed by atoms with E-state index in [9.17, 15) is 5.26 Å². The fourth-order valence-electron chi connectivity index (χ4n) is 11.3. The highest BCUT2D eigenvalue weighted by molar-refractivity contribution is 6.30. The molecular weight excluding hydrogens is 829 g/mol. The first-order valence-corrected chi connectivity index (χ1v) is 22.8. The van der Waals surface area contributed by atoms with Gasteiger partial charge in [-0.1, -0.05) is 115 Å². The Morgan fingerprint density at radius 1 is 0.338 bits per heavy atom. The zero-order valence-electron chi connectivity index (χ0n) is 36.5. The number of aromatic nitrogens is 4. The predicted octanol–water partition coefficient (Wildman–Crippen LogP) is 16.2. The van der Waals surface area contributed by atoms with Crippen molar-refractivity contribution in [3.63, 3.8) is 0 Å². The van der Waals surface area contributed by atoms with E-state index in [0.29, 0.717) is 11.3 Å². The van der Waals surface area contributed by atoms with Crippen molar-refractivity contribution in [3.05, 3.63) is 235 Å². The lowest BCUT2D eigenvalue weighted by atomic mass is 9.98. The first-order chi connectivity index (χ1) is 33.7. The molecule has 14 rings (SSSR count). The largest absolute Gasteiger partial charge is 0.309 e. The molecule has 0 fully saturated rings. The molecule has 314 valence electrons. The molecule has 0 N–H and O–H groups in total. The standard InChI is InChI=1S/C62H36N6/c1-64-40-29-31-54(68-52-27-15-11-23-46(52)62-58(68)35-33-56-60(62)44-21-9-13-25-50(44)66(56)42-18-6-3-7-19-42)48(37-40)47-36-39(38-63)28-30-53(47)67-51-26-14-10-22-45(51)61-57(67)34-32-55-59(61)43-20-8-12-24-49(43)65(55)41-16-4-2-5-17-41/h2-37H. The molecule has 0 aliphatic heterocycles. The van der Waals surface area contributed by atoms with Gasteiger partial charge in [0.1, 0.15) is 0 Å². The van der Waals surface area contributed by atoms with Crippen LogP contribution in [0.25, 0.3) is 126 Å². The van der Waals surface area contributed by atoms with Gasteiger partial charge in [-0.2, -0.15) is 5.26 Å². The first kappa shape index (κ1) is 37.7. The quantitative estimate of drug-likeness (QED) is 0.159. The van der Waals surface area contributed by atoms with Gasteiger partial charge in [-0.15, -0.1) is 0 Å². The Morgan fingerprint density at radius 2 is 0.691 bits per heavy atom. The maximum atomic E-state index is 10.6. The lowest BCUT2D eigenvalue weighted by Gasteiger charge is -2.19. The molecule has 0 saturated heterocycles. The molecule has 6 heteroatoms. The summed E-state index contributed by atoms with van der Waals surface area (Å²) in [5, 5.41) is 19.9. The zero-order valence-corrected chi connectivity index (χ0v) is 36.5. The summed E-state index contributed by atoms with van der Waals surface area (Å²) in [4.78, 5) is 4.00. The molecule has 14 aromatic rings. The number of rotatable bonds is 5. The van der Waals surface area contributed by atoms with Gasteiger partial charge < -0.3 is 18.3 Å². The Morgan fingerprint density at radius 3 is 1.10 bits per heavy atom. The third kappa shape index (κ3) is 5.20. The molecule has 4 heterocycles. The minimum absolute atomic E-state index is 0.517. The van der Waals surface area contributed by atoms with Gasteiger partial charge in [-0.3, -0.25) is 0 Å². The van der Waals surface area contributed by atoms with Crippen molar-refractivity contribution in [2.24, 2.45) is 0 Å². The Bertz CT molecular complexity index is 4220. The van der Waals surface area contributed by atoms with E-state index in [1.807, 2.05) is 24.3 Å². The second-order valence-corrected chi connectivity index (χ2v) is 17.4. The van der Waals surface area contributed by atoms with E-state index in [-0.39, 0.29) is 0 Å². The summed E-state index contributed by atoms with van der Waals surface area (Å²) in [7, 11) is 0. The molecule has 0 spiro atoms. The molecule has 4 aromatic heterocycles. The monoisotopic (exact) mass is 864 g/mol. The highest BCUT2D eigenvalue weighted by atomic mass is 15.0. The van der Waals surface area contributed by atoms with E-state index in [1.54, 1.807) is 0 Å². The van der Waals surface area contributed by atoms with E-state index in [1.165, 1.54) is 21.5 Å². The smallest absolute Gasteiger partial charge is 0.188 e. The topological polar surface area (TPSA) is 47.9 Å². The third-order valence-corrected chi connectivity index (χ3v) is 14.0. The Hall–Kier alpha value is -9.62. The maximum Gasteiger partial charge on any atom is 0.188 e. The van der Waals surface area contributed by atoms with Crippen molar-refractivity contribution in [1.82, 2.24) is 18.3 Å². The number of nitrogens with zero attached hydrogens (tertiary/aromatic N) is 6. The fraction of sp³-hybridized carbons (Fsp3) is 0. The van der Waals surface area contributed by atoms with Crippen LogP contribution in [0.4, 0.5) is 5.69 Å². The highest BCUT2D eigenvalue weighted by Gasteiger charge is 2.25. The number of hydrogen-bond donors (Lipinski definition) is 0. The van der Waals surface area contributed by atoms with Crippen LogP contribution in [0, 0.1) is 17.9 Å². The molecule has 0 bridgehead atoms. The number of fused-ring (bicyclic) bond motifs is 14. The molecular formula is C62H36N6. The highest BCUT2D eigenvalue weighted by Crippen LogP contribution is 2.47. The summed E-state index contributed by atoms with van der Waals surface area (Å²) in [5.41, 5.74) is 15.6. The van der Waals surface area contributed by atoms with Gasteiger partial charge in [0.25, 0.3) is 0 Å². The van der Waals surface area contributed by atoms with Crippen LogP contribution < -0.4 is 0 Å². The molecule has 0 aliphatic carbocycles. The summed E-state index contributed by atoms with van der Waals surface area (Å²) in [6.07, 6.45) is 0. The van der Waals surface area contributed by atoms with Crippen LogP contribution in [0.3, 0.4) is 0 Å². The minimum Gasteiger partial charge on any atom is -0.309 e. The van der Waals surface area contributed by atoms with Crippen molar-refractivity contribution in [1.29, 1.82) is 5.26 Å². The van der Waals surface area contributed by atoms with Crippen LogP contribution in [0.5, 0.6) is 0 Å². The van der Waals surface area contributed by atoms with Crippen LogP contribution in [0.2, 0.25) is 0 Å². The van der Waals surface area contributed by atoms with Crippen molar-refractivity contribution in [2.45, 2.75) is 0 Å². The van der Waals surface area contributed by atoms with Crippen LogP contribution in [-0.2, 0) is 0 Å². The van der Waals surface area contributed by atoms with Gasteiger partial charge in [0.15, 0.2) is 5.69 Å². The van der Waals surface area contributed by atoms with Gasteiger partial charge in [-0.25, -0.2) is 4.85 Å². The van der Waals surface area contributed by atoms with Crippen molar-refractivity contribution in [3.8, 4) is 39.9 Å². The second-order valence-electron chi connectivity index (χ2n) is 17.4. The molecule has 0 amide bonds. The van der Waals surface area contributed by atoms with Crippen LogP contribution in [0.15, 0.2) is 218 Å². The van der Waals surface area contributed by atoms with Gasteiger partial charge in [0.05, 0.1) is 73.7 Å². The number of benzene rings is 10. The number of nitriles is 1. The van der Waals surface area contributed by atoms with Crippen molar-refractivity contribution < 1.29 is 0 Å². The predicted molar refractivity (Wildman–Crippen MR) is 280 cm³/mol. The summed E-state index contributed by atoms with van der Waals surface area (Å²) in [5.74, 6) is 0. The number of para-hydroxylation sites is 6. The summed E-state index contributed by atoms with van der Waals surface area (Å²) >= 11 is 0. The second kappa shape index (κ2) is 14.4. The first-order valence-electron chi connectivity index (χ1n) is 22.8. The van der Waals surface area contributed by atoms with E-state index in [2.05, 4.69) is 223 Å². The van der Waals surface area contributed by atoms with Gasteiger partial charge in [-0.05, 0) is 109 Å². The average Bonchev–Trinajstić information content (AvgIpc) is 4.13. The van der Waals surface area contributed by atoms with E-state index in [0.717, 1.165) is 99.6 Å². The van der Waals surface area contributed by atoms with E-state index >= 15 is 0 Å². The molecule has 6 nitrogen and oxygen atoms in total. The fourth-order valence-corrected chi connectivity index (χ4v) is 11.3. The zero-order chi connectivity index (χ0) is 45.0. The van der Waals surface area contributed by atoms with Crippen LogP contribution in [0.1, 0.15) is 5.56 Å². The van der Waals surface area contributed by atoms with Crippen LogP contribution in [-0.4, -0.2) is 18.3 Å². The average molecular weight is 865 g/mol. The van der Waals surface area contributed by atoms with Gasteiger partial charge >= 0.3 is 0 Å². The Labute approximate surface area is 390 Å². The molecule has 10 aromatic carbocycles. The maximum absolute atomic E-state index is 10.6. The lowest BCUT2D eigenvalue weighted by Crippen LogP contribution is -2.02. The third-order valence-electron chi connectivity index (χ3n) is 14.0. The SMILES string of the molecule is [C-]#[N+]c1ccc(-n2c3ccccc3c3c4c5ccccc5n(-c5ccccc5)c4ccc32)c(-c2cc(C#N)ccc2-n2c3ccccc3c3c4c5ccccc5n(-c5ccccc5)c4ccc32)c1. The van der Waals surface area contributed by atoms with E-state index < -0.39 is 0 Å². The number of hydrogen-bond acceptors (Lipinski definition) is 1. The van der Waals surface area contributed by atoms with Crippen molar-refractivity contribution in [2.75, 3.05) is 0 Å². The summed E-state index contributed by atoms with van der Waals surface area (Å²) < 4.78 is 9.45. The van der Waals surface area contributed by atoms with Gasteiger partial charge in [0, 0.05) is 60.0 Å². The molecule has 0 saturated carbocycles. The normalized spacial score (nSPS) is 11.8. The minimum atomic E-state index is 0.517. The molecule has 0 radical (unpaired) electrons. The molecule has 0 atom stereocenters. The Balaban J connectivity index is 1.09. The summed E-state index contributed by atoms with van der Waals surface area (Å²) in [6, 6.07) is 79.3. The molecule has 0 unspecified atom stereocenters.